The maximum atomic E-state index is 13.4. The molecule has 5 rings (SSSR count). The molecule has 0 unspecified atom stereocenters. The minimum atomic E-state index is -0.766. The number of halogens is 2. The van der Waals surface area contributed by atoms with E-state index >= 15 is 0 Å². The van der Waals surface area contributed by atoms with Crippen molar-refractivity contribution in [2.24, 2.45) is 0 Å². The first-order valence-corrected chi connectivity index (χ1v) is 9.34. The normalized spacial score (nSPS) is 11.1. The standard InChI is InChI=1S/C21H13F2N7O2/c22-14-5-15(23)7-17(6-14)32-18-10-26-20-21(27-18)30(29-28-20)11-12-2-1-3-13(4-12)19-24-8-16(31)9-25-19/h1-10,31H,11H2. The monoisotopic (exact) mass is 433 g/mol. The Hall–Kier alpha value is -4.54. The van der Waals surface area contributed by atoms with Gasteiger partial charge in [-0.2, -0.15) is 4.98 Å². The van der Waals surface area contributed by atoms with E-state index < -0.39 is 11.6 Å². The molecule has 1 N–H and O–H groups in total. The number of hydrogen-bond acceptors (Lipinski definition) is 8. The summed E-state index contributed by atoms with van der Waals surface area (Å²) >= 11 is 0. The Labute approximate surface area is 179 Å². The van der Waals surface area contributed by atoms with Crippen LogP contribution < -0.4 is 4.74 Å². The molecule has 0 aliphatic heterocycles. The lowest BCUT2D eigenvalue weighted by molar-refractivity contribution is 0.450. The molecule has 0 aliphatic carbocycles. The van der Waals surface area contributed by atoms with Crippen molar-refractivity contribution in [3.63, 3.8) is 0 Å². The van der Waals surface area contributed by atoms with Gasteiger partial charge in [0.1, 0.15) is 17.4 Å². The van der Waals surface area contributed by atoms with E-state index in [1.807, 2.05) is 24.3 Å². The molecule has 2 aromatic carbocycles. The number of benzene rings is 2. The molecular formula is C21H13F2N7O2. The molecule has 32 heavy (non-hydrogen) atoms. The SMILES string of the molecule is Oc1cnc(-c2cccc(Cn3nnc4ncc(Oc5cc(F)cc(F)c5)nc43)c2)nc1. The van der Waals surface area contributed by atoms with Crippen LogP contribution in [-0.2, 0) is 6.54 Å². The van der Waals surface area contributed by atoms with Crippen LogP contribution in [0.15, 0.2) is 61.1 Å². The van der Waals surface area contributed by atoms with Gasteiger partial charge < -0.3 is 9.84 Å². The second-order valence-electron chi connectivity index (χ2n) is 6.78. The molecule has 158 valence electrons. The number of aromatic nitrogens is 7. The van der Waals surface area contributed by atoms with Crippen LogP contribution in [0.25, 0.3) is 22.7 Å². The van der Waals surface area contributed by atoms with Crippen LogP contribution in [0.4, 0.5) is 8.78 Å². The summed E-state index contributed by atoms with van der Waals surface area (Å²) in [5, 5.41) is 17.4. The van der Waals surface area contributed by atoms with Crippen LogP contribution in [-0.4, -0.2) is 40.0 Å². The molecule has 0 atom stereocenters. The lowest BCUT2D eigenvalue weighted by Gasteiger charge is -2.07. The molecule has 0 radical (unpaired) electrons. The van der Waals surface area contributed by atoms with Crippen molar-refractivity contribution < 1.29 is 18.6 Å². The fraction of sp³-hybridized carbons (Fsp3) is 0.0476. The molecule has 5 aromatic rings. The fourth-order valence-electron chi connectivity index (χ4n) is 3.06. The predicted molar refractivity (Wildman–Crippen MR) is 108 cm³/mol. The smallest absolute Gasteiger partial charge is 0.240 e. The van der Waals surface area contributed by atoms with Crippen molar-refractivity contribution in [3.05, 3.63) is 78.3 Å². The zero-order valence-corrected chi connectivity index (χ0v) is 16.2. The maximum Gasteiger partial charge on any atom is 0.240 e. The molecule has 0 bridgehead atoms. The summed E-state index contributed by atoms with van der Waals surface area (Å²) in [6, 6.07) is 10.3. The minimum Gasteiger partial charge on any atom is -0.505 e. The van der Waals surface area contributed by atoms with Crippen molar-refractivity contribution in [2.45, 2.75) is 6.54 Å². The summed E-state index contributed by atoms with van der Waals surface area (Å²) in [4.78, 5) is 16.7. The Balaban J connectivity index is 1.43. The van der Waals surface area contributed by atoms with Gasteiger partial charge in [-0.15, -0.1) is 5.10 Å². The van der Waals surface area contributed by atoms with Gasteiger partial charge >= 0.3 is 0 Å². The predicted octanol–water partition coefficient (Wildman–Crippen LogP) is 3.50. The summed E-state index contributed by atoms with van der Waals surface area (Å²) in [5.41, 5.74) is 2.26. The second kappa shape index (κ2) is 7.95. The molecule has 9 nitrogen and oxygen atoms in total. The summed E-state index contributed by atoms with van der Waals surface area (Å²) in [6.45, 7) is 0.315. The molecule has 0 saturated carbocycles. The van der Waals surface area contributed by atoms with Crippen molar-refractivity contribution in [2.75, 3.05) is 0 Å². The van der Waals surface area contributed by atoms with Gasteiger partial charge in [0.05, 0.1) is 25.1 Å². The average Bonchev–Trinajstić information content (AvgIpc) is 3.16. The zero-order chi connectivity index (χ0) is 22.1. The van der Waals surface area contributed by atoms with Gasteiger partial charge in [0.15, 0.2) is 11.6 Å². The third-order valence-corrected chi connectivity index (χ3v) is 4.42. The lowest BCUT2D eigenvalue weighted by atomic mass is 10.1. The number of ether oxygens (including phenoxy) is 1. The second-order valence-corrected chi connectivity index (χ2v) is 6.78. The highest BCUT2D eigenvalue weighted by molar-refractivity contribution is 5.65. The topological polar surface area (TPSA) is 112 Å². The summed E-state index contributed by atoms with van der Waals surface area (Å²) in [5.74, 6) is -1.09. The molecule has 0 aliphatic rings. The Morgan fingerprint density at radius 2 is 1.72 bits per heavy atom. The summed E-state index contributed by atoms with van der Waals surface area (Å²) < 4.78 is 33.8. The van der Waals surface area contributed by atoms with Gasteiger partial charge in [0.25, 0.3) is 0 Å². The van der Waals surface area contributed by atoms with Crippen molar-refractivity contribution >= 4 is 11.3 Å². The van der Waals surface area contributed by atoms with Crippen LogP contribution in [0.2, 0.25) is 0 Å². The third kappa shape index (κ3) is 4.03. The first-order chi connectivity index (χ1) is 15.5. The van der Waals surface area contributed by atoms with Gasteiger partial charge in [-0.3, -0.25) is 0 Å². The molecule has 0 saturated heterocycles. The Kier molecular flexibility index (Phi) is 4.82. The quantitative estimate of drug-likeness (QED) is 0.448. The number of hydrogen-bond donors (Lipinski definition) is 1. The number of nitrogens with zero attached hydrogens (tertiary/aromatic N) is 7. The third-order valence-electron chi connectivity index (χ3n) is 4.42. The summed E-state index contributed by atoms with van der Waals surface area (Å²) in [7, 11) is 0. The highest BCUT2D eigenvalue weighted by atomic mass is 19.1. The van der Waals surface area contributed by atoms with Gasteiger partial charge in [0, 0.05) is 23.8 Å². The van der Waals surface area contributed by atoms with Crippen LogP contribution in [0, 0.1) is 11.6 Å². The molecule has 3 heterocycles. The van der Waals surface area contributed by atoms with Crippen molar-refractivity contribution in [1.29, 1.82) is 0 Å². The van der Waals surface area contributed by atoms with Crippen molar-refractivity contribution in [3.8, 4) is 28.8 Å². The Morgan fingerprint density at radius 1 is 0.938 bits per heavy atom. The van der Waals surface area contributed by atoms with E-state index in [1.165, 1.54) is 23.3 Å². The van der Waals surface area contributed by atoms with Gasteiger partial charge in [-0.1, -0.05) is 23.4 Å². The zero-order valence-electron chi connectivity index (χ0n) is 16.2. The molecule has 0 amide bonds. The fourth-order valence-corrected chi connectivity index (χ4v) is 3.06. The molecule has 0 fully saturated rings. The highest BCUT2D eigenvalue weighted by Gasteiger charge is 2.12. The van der Waals surface area contributed by atoms with Crippen molar-refractivity contribution in [1.82, 2.24) is 34.9 Å². The number of aromatic hydroxyl groups is 1. The van der Waals surface area contributed by atoms with Gasteiger partial charge in [0.2, 0.25) is 17.2 Å². The minimum absolute atomic E-state index is 0.0171. The Bertz CT molecular complexity index is 1400. The van der Waals surface area contributed by atoms with E-state index in [9.17, 15) is 13.9 Å². The van der Waals surface area contributed by atoms with Crippen LogP contribution in [0.3, 0.4) is 0 Å². The molecular weight excluding hydrogens is 420 g/mol. The average molecular weight is 433 g/mol. The van der Waals surface area contributed by atoms with E-state index in [4.69, 9.17) is 4.74 Å². The van der Waals surface area contributed by atoms with Crippen LogP contribution in [0.1, 0.15) is 5.56 Å². The van der Waals surface area contributed by atoms with Crippen LogP contribution >= 0.6 is 0 Å². The van der Waals surface area contributed by atoms with E-state index in [1.54, 1.807) is 0 Å². The number of rotatable bonds is 5. The largest absolute Gasteiger partial charge is 0.505 e. The number of fused-ring (bicyclic) bond motifs is 1. The molecule has 11 heteroatoms. The van der Waals surface area contributed by atoms with E-state index in [-0.39, 0.29) is 17.4 Å². The van der Waals surface area contributed by atoms with Gasteiger partial charge in [-0.25, -0.2) is 28.4 Å². The first-order valence-electron chi connectivity index (χ1n) is 9.34. The van der Waals surface area contributed by atoms with E-state index in [0.717, 1.165) is 29.3 Å². The van der Waals surface area contributed by atoms with E-state index in [0.29, 0.717) is 23.7 Å². The first kappa shape index (κ1) is 19.4. The molecule has 0 spiro atoms. The maximum absolute atomic E-state index is 13.4. The highest BCUT2D eigenvalue weighted by Crippen LogP contribution is 2.23. The molecule has 3 aromatic heterocycles. The van der Waals surface area contributed by atoms with Crippen LogP contribution in [0.5, 0.6) is 17.4 Å². The summed E-state index contributed by atoms with van der Waals surface area (Å²) in [6.07, 6.45) is 3.94. The lowest BCUT2D eigenvalue weighted by Crippen LogP contribution is -2.04. The Morgan fingerprint density at radius 3 is 2.50 bits per heavy atom. The van der Waals surface area contributed by atoms with E-state index in [2.05, 4.69) is 30.2 Å². The van der Waals surface area contributed by atoms with Gasteiger partial charge in [-0.05, 0) is 11.6 Å².